The van der Waals surface area contributed by atoms with Crippen LogP contribution in [0.2, 0.25) is 0 Å². The lowest BCUT2D eigenvalue weighted by Gasteiger charge is -2.09. The summed E-state index contributed by atoms with van der Waals surface area (Å²) in [5, 5.41) is 0. The maximum atomic E-state index is 5.51. The zero-order chi connectivity index (χ0) is 12.3. The Hall–Kier alpha value is -1.81. The number of hydrogen-bond donors (Lipinski definition) is 1. The molecule has 90 valence electrons. The van der Waals surface area contributed by atoms with E-state index in [2.05, 4.69) is 18.0 Å². The molecule has 0 bridgehead atoms. The minimum absolute atomic E-state index is 0.613. The van der Waals surface area contributed by atoms with Gasteiger partial charge in [0.15, 0.2) is 0 Å². The Morgan fingerprint density at radius 1 is 1.41 bits per heavy atom. The van der Waals surface area contributed by atoms with Gasteiger partial charge in [-0.1, -0.05) is 6.07 Å². The van der Waals surface area contributed by atoms with Crippen LogP contribution in [-0.2, 0) is 6.42 Å². The van der Waals surface area contributed by atoms with E-state index in [9.17, 15) is 0 Å². The molecule has 1 heterocycles. The molecule has 0 saturated carbocycles. The second-order valence-corrected chi connectivity index (χ2v) is 3.99. The molecule has 0 aliphatic rings. The van der Waals surface area contributed by atoms with Crippen molar-refractivity contribution in [2.24, 2.45) is 5.73 Å². The van der Waals surface area contributed by atoms with Crippen LogP contribution >= 0.6 is 0 Å². The number of rotatable bonds is 4. The summed E-state index contributed by atoms with van der Waals surface area (Å²) >= 11 is 0. The molecular weight excluding hydrogens is 214 g/mol. The van der Waals surface area contributed by atoms with Crippen LogP contribution in [0, 0.1) is 6.92 Å². The Kier molecular flexibility index (Phi) is 3.44. The number of aromatic nitrogens is 2. The normalized spacial score (nSPS) is 10.5. The Morgan fingerprint density at radius 2 is 2.24 bits per heavy atom. The molecule has 0 fully saturated rings. The number of benzene rings is 1. The monoisotopic (exact) mass is 231 g/mol. The molecule has 0 aliphatic carbocycles. The fourth-order valence-corrected chi connectivity index (χ4v) is 1.77. The van der Waals surface area contributed by atoms with E-state index < -0.39 is 0 Å². The molecule has 0 amide bonds. The lowest BCUT2D eigenvalue weighted by Crippen LogP contribution is -2.02. The fraction of sp³-hybridized carbons (Fsp3) is 0.308. The highest BCUT2D eigenvalue weighted by Crippen LogP contribution is 2.23. The molecule has 1 aromatic carbocycles. The lowest BCUT2D eigenvalue weighted by atomic mass is 10.2. The molecule has 0 aliphatic heterocycles. The predicted octanol–water partition coefficient (Wildman–Crippen LogP) is 1.69. The number of nitrogens with two attached hydrogens (primary N) is 1. The van der Waals surface area contributed by atoms with Gasteiger partial charge in [0.1, 0.15) is 5.75 Å². The van der Waals surface area contributed by atoms with Crippen molar-refractivity contribution in [1.82, 2.24) is 9.55 Å². The summed E-state index contributed by atoms with van der Waals surface area (Å²) in [7, 11) is 1.67. The molecule has 4 heteroatoms. The van der Waals surface area contributed by atoms with Crippen LogP contribution in [0.15, 0.2) is 30.7 Å². The summed E-state index contributed by atoms with van der Waals surface area (Å²) < 4.78 is 7.32. The van der Waals surface area contributed by atoms with Gasteiger partial charge in [-0.3, -0.25) is 0 Å². The van der Waals surface area contributed by atoms with Gasteiger partial charge in [-0.05, 0) is 31.2 Å². The van der Waals surface area contributed by atoms with Crippen molar-refractivity contribution in [1.29, 1.82) is 0 Å². The summed E-state index contributed by atoms with van der Waals surface area (Å²) in [5.41, 5.74) is 8.70. The molecule has 2 N–H and O–H groups in total. The first-order valence-electron chi connectivity index (χ1n) is 5.62. The van der Waals surface area contributed by atoms with Crippen molar-refractivity contribution in [2.75, 3.05) is 13.7 Å². The Balaban J connectivity index is 2.40. The summed E-state index contributed by atoms with van der Waals surface area (Å²) in [6, 6.07) is 6.07. The van der Waals surface area contributed by atoms with Crippen LogP contribution in [-0.4, -0.2) is 23.2 Å². The molecule has 0 unspecified atom stereocenters. The van der Waals surface area contributed by atoms with E-state index >= 15 is 0 Å². The van der Waals surface area contributed by atoms with Crippen LogP contribution in [0.4, 0.5) is 0 Å². The third kappa shape index (κ3) is 2.47. The number of imidazole rings is 1. The van der Waals surface area contributed by atoms with Gasteiger partial charge in [0.2, 0.25) is 0 Å². The SMILES string of the molecule is COc1ccc(C)cc1-n1cnc(CCN)c1. The average molecular weight is 231 g/mol. The minimum Gasteiger partial charge on any atom is -0.495 e. The third-order valence-electron chi connectivity index (χ3n) is 2.65. The van der Waals surface area contributed by atoms with Gasteiger partial charge in [0.05, 0.1) is 24.8 Å². The Bertz CT molecular complexity index is 505. The van der Waals surface area contributed by atoms with E-state index in [0.717, 1.165) is 23.6 Å². The van der Waals surface area contributed by atoms with Crippen molar-refractivity contribution in [3.05, 3.63) is 42.0 Å². The summed E-state index contributed by atoms with van der Waals surface area (Å²) in [4.78, 5) is 4.31. The number of ether oxygens (including phenoxy) is 1. The largest absolute Gasteiger partial charge is 0.495 e. The zero-order valence-electron chi connectivity index (χ0n) is 10.2. The second-order valence-electron chi connectivity index (χ2n) is 3.99. The molecule has 0 radical (unpaired) electrons. The van der Waals surface area contributed by atoms with Crippen molar-refractivity contribution < 1.29 is 4.74 Å². The Morgan fingerprint density at radius 3 is 2.94 bits per heavy atom. The number of methoxy groups -OCH3 is 1. The Labute approximate surface area is 101 Å². The molecule has 0 spiro atoms. The first-order chi connectivity index (χ1) is 8.24. The van der Waals surface area contributed by atoms with Gasteiger partial charge in [0.25, 0.3) is 0 Å². The van der Waals surface area contributed by atoms with E-state index in [1.807, 2.05) is 22.9 Å². The molecular formula is C13H17N3O. The fourth-order valence-electron chi connectivity index (χ4n) is 1.77. The molecule has 2 rings (SSSR count). The lowest BCUT2D eigenvalue weighted by molar-refractivity contribution is 0.413. The highest BCUT2D eigenvalue weighted by atomic mass is 16.5. The van der Waals surface area contributed by atoms with E-state index in [4.69, 9.17) is 10.5 Å². The van der Waals surface area contributed by atoms with E-state index in [1.54, 1.807) is 13.4 Å². The van der Waals surface area contributed by atoms with Gasteiger partial charge in [-0.25, -0.2) is 4.98 Å². The topological polar surface area (TPSA) is 53.1 Å². The van der Waals surface area contributed by atoms with Gasteiger partial charge >= 0.3 is 0 Å². The van der Waals surface area contributed by atoms with E-state index in [0.29, 0.717) is 6.54 Å². The first kappa shape index (κ1) is 11.7. The summed E-state index contributed by atoms with van der Waals surface area (Å²) in [6.45, 7) is 2.67. The van der Waals surface area contributed by atoms with Crippen LogP contribution in [0.25, 0.3) is 5.69 Å². The van der Waals surface area contributed by atoms with Crippen LogP contribution in [0.1, 0.15) is 11.3 Å². The highest BCUT2D eigenvalue weighted by Gasteiger charge is 2.06. The number of aryl methyl sites for hydroxylation is 1. The second kappa shape index (κ2) is 5.01. The highest BCUT2D eigenvalue weighted by molar-refractivity contribution is 5.49. The quantitative estimate of drug-likeness (QED) is 0.871. The molecule has 2 aromatic rings. The average Bonchev–Trinajstić information content (AvgIpc) is 2.78. The number of nitrogens with zero attached hydrogens (tertiary/aromatic N) is 2. The molecule has 0 atom stereocenters. The van der Waals surface area contributed by atoms with Crippen molar-refractivity contribution in [2.45, 2.75) is 13.3 Å². The van der Waals surface area contributed by atoms with Crippen molar-refractivity contribution in [3.63, 3.8) is 0 Å². The molecule has 17 heavy (non-hydrogen) atoms. The van der Waals surface area contributed by atoms with E-state index in [-0.39, 0.29) is 0 Å². The third-order valence-corrected chi connectivity index (χ3v) is 2.65. The van der Waals surface area contributed by atoms with Gasteiger partial charge in [0, 0.05) is 12.6 Å². The van der Waals surface area contributed by atoms with E-state index in [1.165, 1.54) is 5.56 Å². The van der Waals surface area contributed by atoms with Gasteiger partial charge < -0.3 is 15.0 Å². The molecule has 1 aromatic heterocycles. The van der Waals surface area contributed by atoms with Crippen LogP contribution in [0.5, 0.6) is 5.75 Å². The first-order valence-corrected chi connectivity index (χ1v) is 5.62. The predicted molar refractivity (Wildman–Crippen MR) is 67.6 cm³/mol. The molecule has 0 saturated heterocycles. The van der Waals surface area contributed by atoms with Crippen LogP contribution in [0.3, 0.4) is 0 Å². The van der Waals surface area contributed by atoms with Gasteiger partial charge in [-0.2, -0.15) is 0 Å². The van der Waals surface area contributed by atoms with Crippen molar-refractivity contribution >= 4 is 0 Å². The summed E-state index contributed by atoms with van der Waals surface area (Å²) in [6.07, 6.45) is 4.58. The maximum absolute atomic E-state index is 5.51. The molecule has 4 nitrogen and oxygen atoms in total. The minimum atomic E-state index is 0.613. The zero-order valence-corrected chi connectivity index (χ0v) is 10.2. The van der Waals surface area contributed by atoms with Gasteiger partial charge in [-0.15, -0.1) is 0 Å². The standard InChI is InChI=1S/C13H17N3O/c1-10-3-4-13(17-2)12(7-10)16-8-11(5-6-14)15-9-16/h3-4,7-9H,5-6,14H2,1-2H3. The smallest absolute Gasteiger partial charge is 0.142 e. The summed E-state index contributed by atoms with van der Waals surface area (Å²) in [5.74, 6) is 0.840. The van der Waals surface area contributed by atoms with Crippen LogP contribution < -0.4 is 10.5 Å². The maximum Gasteiger partial charge on any atom is 0.142 e. The number of hydrogen-bond acceptors (Lipinski definition) is 3. The van der Waals surface area contributed by atoms with Crippen molar-refractivity contribution in [3.8, 4) is 11.4 Å².